The first-order valence-corrected chi connectivity index (χ1v) is 12.2. The lowest BCUT2D eigenvalue weighted by Gasteiger charge is -2.27. The van der Waals surface area contributed by atoms with Crippen molar-refractivity contribution in [1.82, 2.24) is 9.99 Å². The molecule has 0 aliphatic rings. The standard InChI is InChI=1S/C27H23Br2N3O2/c1-18-24(25(29)19(2)32(18)23-15-13-22(28)14-16-23)17-30-31-26(33)27(34,20-9-5-3-6-10-20)21-11-7-4-8-12-21/h3-17,34H,1-2H3,(H,31,33)/b30-17-. The normalized spacial score (nSPS) is 11.7. The molecular weight excluding hydrogens is 558 g/mol. The number of hydrazone groups is 1. The van der Waals surface area contributed by atoms with Crippen molar-refractivity contribution in [2.75, 3.05) is 0 Å². The number of nitrogens with one attached hydrogen (secondary N) is 1. The van der Waals surface area contributed by atoms with Gasteiger partial charge in [-0.25, -0.2) is 5.43 Å². The number of hydrogen-bond acceptors (Lipinski definition) is 3. The summed E-state index contributed by atoms with van der Waals surface area (Å²) in [6.45, 7) is 4.01. The van der Waals surface area contributed by atoms with Crippen LogP contribution in [-0.4, -0.2) is 21.8 Å². The highest BCUT2D eigenvalue weighted by atomic mass is 79.9. The summed E-state index contributed by atoms with van der Waals surface area (Å²) in [5, 5.41) is 15.8. The number of amides is 1. The SMILES string of the molecule is Cc1c(Br)c(/C=N\NC(=O)C(O)(c2ccccc2)c2ccccc2)c(C)n1-c1ccc(Br)cc1. The van der Waals surface area contributed by atoms with Crippen LogP contribution in [0.4, 0.5) is 0 Å². The Balaban J connectivity index is 1.65. The first-order chi connectivity index (χ1) is 16.3. The van der Waals surface area contributed by atoms with E-state index in [1.165, 1.54) is 0 Å². The molecule has 0 fully saturated rings. The molecule has 1 aromatic heterocycles. The van der Waals surface area contributed by atoms with Crippen molar-refractivity contribution >= 4 is 44.0 Å². The predicted octanol–water partition coefficient (Wildman–Crippen LogP) is 6.01. The van der Waals surface area contributed by atoms with Crippen LogP contribution in [0.5, 0.6) is 0 Å². The lowest BCUT2D eigenvalue weighted by molar-refractivity contribution is -0.136. The van der Waals surface area contributed by atoms with Crippen LogP contribution >= 0.6 is 31.9 Å². The summed E-state index contributed by atoms with van der Waals surface area (Å²) in [6, 6.07) is 25.7. The van der Waals surface area contributed by atoms with Gasteiger partial charge in [0.15, 0.2) is 5.60 Å². The van der Waals surface area contributed by atoms with E-state index in [0.717, 1.165) is 31.6 Å². The van der Waals surface area contributed by atoms with Gasteiger partial charge in [-0.2, -0.15) is 5.10 Å². The molecule has 4 rings (SSSR count). The third kappa shape index (κ3) is 4.51. The molecular formula is C27H23Br2N3O2. The molecule has 0 spiro atoms. The van der Waals surface area contributed by atoms with Gasteiger partial charge in [-0.3, -0.25) is 4.79 Å². The minimum absolute atomic E-state index is 0.462. The Kier molecular flexibility index (Phi) is 7.16. The molecule has 0 atom stereocenters. The highest BCUT2D eigenvalue weighted by molar-refractivity contribution is 9.10. The van der Waals surface area contributed by atoms with Gasteiger partial charge in [-0.15, -0.1) is 0 Å². The van der Waals surface area contributed by atoms with Gasteiger partial charge in [0.05, 0.1) is 6.21 Å². The monoisotopic (exact) mass is 579 g/mol. The van der Waals surface area contributed by atoms with E-state index in [2.05, 4.69) is 47.0 Å². The molecule has 0 unspecified atom stereocenters. The zero-order chi connectivity index (χ0) is 24.3. The number of hydrogen-bond donors (Lipinski definition) is 2. The van der Waals surface area contributed by atoms with Gasteiger partial charge >= 0.3 is 0 Å². The Bertz CT molecular complexity index is 1290. The number of halogens is 2. The predicted molar refractivity (Wildman–Crippen MR) is 142 cm³/mol. The van der Waals surface area contributed by atoms with Crippen LogP contribution in [0, 0.1) is 13.8 Å². The van der Waals surface area contributed by atoms with E-state index < -0.39 is 11.5 Å². The van der Waals surface area contributed by atoms with Crippen molar-refractivity contribution in [2.24, 2.45) is 5.10 Å². The van der Waals surface area contributed by atoms with Gasteiger partial charge in [0.25, 0.3) is 5.91 Å². The first kappa shape index (κ1) is 24.1. The van der Waals surface area contributed by atoms with Gasteiger partial charge in [-0.05, 0) is 65.2 Å². The van der Waals surface area contributed by atoms with Crippen LogP contribution in [0.25, 0.3) is 5.69 Å². The van der Waals surface area contributed by atoms with E-state index in [4.69, 9.17) is 0 Å². The first-order valence-electron chi connectivity index (χ1n) is 10.6. The minimum Gasteiger partial charge on any atom is -0.372 e. The molecule has 34 heavy (non-hydrogen) atoms. The summed E-state index contributed by atoms with van der Waals surface area (Å²) >= 11 is 7.13. The highest BCUT2D eigenvalue weighted by Gasteiger charge is 2.39. The Morgan fingerprint density at radius 2 is 1.41 bits per heavy atom. The Labute approximate surface area is 215 Å². The molecule has 2 N–H and O–H groups in total. The van der Waals surface area contributed by atoms with Crippen LogP contribution in [0.3, 0.4) is 0 Å². The number of rotatable bonds is 6. The van der Waals surface area contributed by atoms with Gasteiger partial charge in [0.2, 0.25) is 0 Å². The van der Waals surface area contributed by atoms with Crippen LogP contribution in [0.15, 0.2) is 99.0 Å². The summed E-state index contributed by atoms with van der Waals surface area (Å²) < 4.78 is 4.00. The average Bonchev–Trinajstić information content (AvgIpc) is 3.08. The summed E-state index contributed by atoms with van der Waals surface area (Å²) in [4.78, 5) is 13.3. The number of nitrogens with zero attached hydrogens (tertiary/aromatic N) is 2. The van der Waals surface area contributed by atoms with Crippen molar-refractivity contribution in [3.63, 3.8) is 0 Å². The smallest absolute Gasteiger partial charge is 0.281 e. The Hall–Kier alpha value is -3.00. The number of aromatic nitrogens is 1. The zero-order valence-corrected chi connectivity index (χ0v) is 21.8. The maximum Gasteiger partial charge on any atom is 0.281 e. The van der Waals surface area contributed by atoms with Gasteiger partial charge in [0.1, 0.15) is 0 Å². The summed E-state index contributed by atoms with van der Waals surface area (Å²) in [5.41, 5.74) is 5.41. The fourth-order valence-corrected chi connectivity index (χ4v) is 4.81. The largest absolute Gasteiger partial charge is 0.372 e. The van der Waals surface area contributed by atoms with Gasteiger partial charge < -0.3 is 9.67 Å². The molecule has 5 nitrogen and oxygen atoms in total. The third-order valence-electron chi connectivity index (χ3n) is 5.77. The van der Waals surface area contributed by atoms with Crippen LogP contribution in [0.1, 0.15) is 28.1 Å². The van der Waals surface area contributed by atoms with Crippen molar-refractivity contribution in [3.05, 3.63) is 122 Å². The fourth-order valence-electron chi connectivity index (χ4n) is 3.98. The van der Waals surface area contributed by atoms with Crippen molar-refractivity contribution < 1.29 is 9.90 Å². The maximum absolute atomic E-state index is 13.3. The van der Waals surface area contributed by atoms with E-state index in [0.29, 0.717) is 11.1 Å². The summed E-state index contributed by atoms with van der Waals surface area (Å²) in [7, 11) is 0. The van der Waals surface area contributed by atoms with E-state index in [1.54, 1.807) is 54.7 Å². The Morgan fingerprint density at radius 3 is 1.94 bits per heavy atom. The van der Waals surface area contributed by atoms with Crippen molar-refractivity contribution in [3.8, 4) is 5.69 Å². The van der Waals surface area contributed by atoms with E-state index in [-0.39, 0.29) is 0 Å². The summed E-state index contributed by atoms with van der Waals surface area (Å²) in [6.07, 6.45) is 1.59. The second kappa shape index (κ2) is 10.1. The van der Waals surface area contributed by atoms with Crippen LogP contribution in [0.2, 0.25) is 0 Å². The maximum atomic E-state index is 13.3. The average molecular weight is 581 g/mol. The third-order valence-corrected chi connectivity index (χ3v) is 7.30. The molecule has 1 amide bonds. The lowest BCUT2D eigenvalue weighted by Crippen LogP contribution is -2.43. The molecule has 0 bridgehead atoms. The zero-order valence-electron chi connectivity index (χ0n) is 18.7. The van der Waals surface area contributed by atoms with Crippen molar-refractivity contribution in [2.45, 2.75) is 19.4 Å². The molecule has 0 aliphatic heterocycles. The minimum atomic E-state index is -1.88. The molecule has 7 heteroatoms. The number of benzene rings is 3. The van der Waals surface area contributed by atoms with E-state index >= 15 is 0 Å². The second-order valence-corrected chi connectivity index (χ2v) is 9.56. The quantitative estimate of drug-likeness (QED) is 0.217. The molecule has 0 radical (unpaired) electrons. The van der Waals surface area contributed by atoms with Gasteiger partial charge in [0, 0.05) is 31.6 Å². The second-order valence-electron chi connectivity index (χ2n) is 7.85. The topological polar surface area (TPSA) is 66.6 Å². The molecule has 0 saturated heterocycles. The molecule has 3 aromatic carbocycles. The Morgan fingerprint density at radius 1 is 0.882 bits per heavy atom. The van der Waals surface area contributed by atoms with Gasteiger partial charge in [-0.1, -0.05) is 76.6 Å². The number of carbonyl (C=O) groups excluding carboxylic acids is 1. The fraction of sp³-hybridized carbons (Fsp3) is 0.111. The van der Waals surface area contributed by atoms with E-state index in [1.807, 2.05) is 50.2 Å². The van der Waals surface area contributed by atoms with Crippen molar-refractivity contribution in [1.29, 1.82) is 0 Å². The van der Waals surface area contributed by atoms with Crippen LogP contribution < -0.4 is 5.43 Å². The molecule has 0 aliphatic carbocycles. The lowest BCUT2D eigenvalue weighted by atomic mass is 9.85. The highest BCUT2D eigenvalue weighted by Crippen LogP contribution is 2.31. The summed E-state index contributed by atoms with van der Waals surface area (Å²) in [5.74, 6) is -0.640. The molecule has 172 valence electrons. The molecule has 0 saturated carbocycles. The van der Waals surface area contributed by atoms with E-state index in [9.17, 15) is 9.90 Å². The number of aliphatic hydroxyl groups is 1. The number of carbonyl (C=O) groups is 1. The molecule has 1 heterocycles. The molecule has 4 aromatic rings. The van der Waals surface area contributed by atoms with Crippen LogP contribution in [-0.2, 0) is 10.4 Å².